The van der Waals surface area contributed by atoms with E-state index in [0.717, 1.165) is 18.5 Å². The van der Waals surface area contributed by atoms with Crippen molar-refractivity contribution in [2.24, 2.45) is 0 Å². The van der Waals surface area contributed by atoms with E-state index in [1.165, 1.54) is 12.8 Å². The van der Waals surface area contributed by atoms with Crippen molar-refractivity contribution in [1.82, 2.24) is 24.9 Å². The summed E-state index contributed by atoms with van der Waals surface area (Å²) in [5.41, 5.74) is 0.906. The van der Waals surface area contributed by atoms with Crippen LogP contribution in [0.25, 0.3) is 0 Å². The summed E-state index contributed by atoms with van der Waals surface area (Å²) in [6.45, 7) is 3.28. The molecule has 2 aromatic heterocycles. The number of hydrogen-bond donors (Lipinski definition) is 0. The highest BCUT2D eigenvalue weighted by atomic mass is 16.5. The molecule has 9 heteroatoms. The molecule has 0 N–H and O–H groups in total. The molecule has 2 aliphatic rings. The first-order chi connectivity index (χ1) is 13.3. The summed E-state index contributed by atoms with van der Waals surface area (Å²) < 4.78 is 5.41. The van der Waals surface area contributed by atoms with Crippen molar-refractivity contribution in [3.8, 4) is 6.07 Å². The van der Waals surface area contributed by atoms with Crippen LogP contribution >= 0.6 is 0 Å². The molecule has 1 aliphatic heterocycles. The molecule has 3 heterocycles. The predicted octanol–water partition coefficient (Wildman–Crippen LogP) is 1.32. The zero-order valence-electron chi connectivity index (χ0n) is 15.2. The van der Waals surface area contributed by atoms with E-state index in [1.54, 1.807) is 12.5 Å². The van der Waals surface area contributed by atoms with Gasteiger partial charge in [-0.05, 0) is 18.9 Å². The van der Waals surface area contributed by atoms with E-state index in [9.17, 15) is 5.26 Å². The van der Waals surface area contributed by atoms with E-state index in [1.807, 2.05) is 11.0 Å². The largest absolute Gasteiger partial charge is 0.378 e. The first-order valence-corrected chi connectivity index (χ1v) is 9.34. The summed E-state index contributed by atoms with van der Waals surface area (Å²) in [4.78, 5) is 26.0. The number of ether oxygens (including phenoxy) is 1. The van der Waals surface area contributed by atoms with Crippen LogP contribution in [0.15, 0.2) is 18.6 Å². The number of rotatable bonds is 5. The van der Waals surface area contributed by atoms with Gasteiger partial charge in [0.15, 0.2) is 0 Å². The Labute approximate surface area is 158 Å². The zero-order valence-corrected chi connectivity index (χ0v) is 15.2. The Kier molecular flexibility index (Phi) is 5.34. The Morgan fingerprint density at radius 3 is 2.70 bits per heavy atom. The standard InChI is InChI=1S/C18H22N8O/c19-11-16-22-17(25-7-9-27-10-8-25)24-18(23-16)26(15-3-1-2-4-15)12-14-5-6-20-13-21-14/h5-6,13,15H,1-4,7-10,12H2. The second-order valence-corrected chi connectivity index (χ2v) is 6.74. The fourth-order valence-corrected chi connectivity index (χ4v) is 3.60. The molecule has 0 radical (unpaired) electrons. The SMILES string of the molecule is N#Cc1nc(N2CCOCC2)nc(N(Cc2ccncn2)C2CCCC2)n1. The topological polar surface area (TPSA) is 104 Å². The summed E-state index contributed by atoms with van der Waals surface area (Å²) in [5, 5.41) is 9.44. The molecule has 1 aliphatic carbocycles. The van der Waals surface area contributed by atoms with Gasteiger partial charge >= 0.3 is 0 Å². The highest BCUT2D eigenvalue weighted by molar-refractivity contribution is 5.42. The fraction of sp³-hybridized carbons (Fsp3) is 0.556. The molecule has 0 bridgehead atoms. The Balaban J connectivity index is 1.68. The molecule has 2 fully saturated rings. The van der Waals surface area contributed by atoms with E-state index >= 15 is 0 Å². The van der Waals surface area contributed by atoms with Crippen LogP contribution in [-0.2, 0) is 11.3 Å². The molecule has 140 valence electrons. The minimum atomic E-state index is 0.146. The summed E-state index contributed by atoms with van der Waals surface area (Å²) in [7, 11) is 0. The van der Waals surface area contributed by atoms with Crippen molar-refractivity contribution < 1.29 is 4.74 Å². The zero-order chi connectivity index (χ0) is 18.5. The second-order valence-electron chi connectivity index (χ2n) is 6.74. The van der Waals surface area contributed by atoms with Gasteiger partial charge in [0.25, 0.3) is 0 Å². The number of nitriles is 1. The number of anilines is 2. The van der Waals surface area contributed by atoms with Crippen LogP contribution in [0.5, 0.6) is 0 Å². The van der Waals surface area contributed by atoms with Gasteiger partial charge in [-0.2, -0.15) is 20.2 Å². The minimum absolute atomic E-state index is 0.146. The van der Waals surface area contributed by atoms with E-state index in [2.05, 4.69) is 30.9 Å². The Hall–Kier alpha value is -2.86. The Morgan fingerprint density at radius 1 is 1.19 bits per heavy atom. The van der Waals surface area contributed by atoms with Crippen molar-refractivity contribution in [2.75, 3.05) is 36.1 Å². The number of hydrogen-bond acceptors (Lipinski definition) is 9. The van der Waals surface area contributed by atoms with Gasteiger partial charge in [0.05, 0.1) is 25.5 Å². The molecular formula is C18H22N8O. The average Bonchev–Trinajstić information content (AvgIpc) is 3.27. The normalized spacial score (nSPS) is 17.7. The molecule has 27 heavy (non-hydrogen) atoms. The molecule has 0 amide bonds. The molecular weight excluding hydrogens is 344 g/mol. The Bertz CT molecular complexity index is 797. The van der Waals surface area contributed by atoms with E-state index in [-0.39, 0.29) is 5.82 Å². The molecule has 4 rings (SSSR count). The quantitative estimate of drug-likeness (QED) is 0.774. The van der Waals surface area contributed by atoms with Crippen LogP contribution in [-0.4, -0.2) is 57.3 Å². The third kappa shape index (κ3) is 4.11. The lowest BCUT2D eigenvalue weighted by molar-refractivity contribution is 0.122. The van der Waals surface area contributed by atoms with Crippen LogP contribution in [0.3, 0.4) is 0 Å². The van der Waals surface area contributed by atoms with Gasteiger partial charge in [0.1, 0.15) is 12.4 Å². The maximum atomic E-state index is 9.44. The van der Waals surface area contributed by atoms with E-state index in [4.69, 9.17) is 9.72 Å². The van der Waals surface area contributed by atoms with Crippen molar-refractivity contribution in [3.05, 3.63) is 30.1 Å². The third-order valence-electron chi connectivity index (χ3n) is 5.00. The average molecular weight is 366 g/mol. The van der Waals surface area contributed by atoms with Crippen LogP contribution in [0, 0.1) is 11.3 Å². The third-order valence-corrected chi connectivity index (χ3v) is 5.00. The lowest BCUT2D eigenvalue weighted by Gasteiger charge is -2.31. The smallest absolute Gasteiger partial charge is 0.238 e. The molecule has 0 atom stereocenters. The summed E-state index contributed by atoms with van der Waals surface area (Å²) in [5.74, 6) is 1.24. The molecule has 1 saturated carbocycles. The van der Waals surface area contributed by atoms with Crippen molar-refractivity contribution in [2.45, 2.75) is 38.3 Å². The summed E-state index contributed by atoms with van der Waals surface area (Å²) in [6, 6.07) is 4.32. The maximum absolute atomic E-state index is 9.44. The van der Waals surface area contributed by atoms with Gasteiger partial charge in [-0.3, -0.25) is 0 Å². The van der Waals surface area contributed by atoms with Crippen LogP contribution in [0.4, 0.5) is 11.9 Å². The lowest BCUT2D eigenvalue weighted by atomic mass is 10.2. The lowest BCUT2D eigenvalue weighted by Crippen LogP contribution is -2.39. The summed E-state index contributed by atoms with van der Waals surface area (Å²) in [6.07, 6.45) is 7.85. The van der Waals surface area contributed by atoms with Crippen LogP contribution in [0.2, 0.25) is 0 Å². The van der Waals surface area contributed by atoms with Gasteiger partial charge in [-0.15, -0.1) is 0 Å². The number of morpholine rings is 1. The van der Waals surface area contributed by atoms with Crippen molar-refractivity contribution in [3.63, 3.8) is 0 Å². The highest BCUT2D eigenvalue weighted by Crippen LogP contribution is 2.28. The number of nitrogens with zero attached hydrogens (tertiary/aromatic N) is 8. The first-order valence-electron chi connectivity index (χ1n) is 9.34. The maximum Gasteiger partial charge on any atom is 0.238 e. The van der Waals surface area contributed by atoms with Gasteiger partial charge in [0, 0.05) is 25.3 Å². The van der Waals surface area contributed by atoms with Crippen molar-refractivity contribution in [1.29, 1.82) is 5.26 Å². The first kappa shape index (κ1) is 17.5. The van der Waals surface area contributed by atoms with Gasteiger partial charge in [-0.25, -0.2) is 9.97 Å². The minimum Gasteiger partial charge on any atom is -0.378 e. The van der Waals surface area contributed by atoms with Gasteiger partial charge in [0.2, 0.25) is 17.7 Å². The number of aromatic nitrogens is 5. The fourth-order valence-electron chi connectivity index (χ4n) is 3.60. The Morgan fingerprint density at radius 2 is 2.00 bits per heavy atom. The van der Waals surface area contributed by atoms with Crippen molar-refractivity contribution >= 4 is 11.9 Å². The molecule has 0 unspecified atom stereocenters. The monoisotopic (exact) mass is 366 g/mol. The molecule has 2 aromatic rings. The second kappa shape index (κ2) is 8.22. The van der Waals surface area contributed by atoms with Gasteiger partial charge in [-0.1, -0.05) is 12.8 Å². The molecule has 0 spiro atoms. The predicted molar refractivity (Wildman–Crippen MR) is 98.0 cm³/mol. The van der Waals surface area contributed by atoms with E-state index < -0.39 is 0 Å². The van der Waals surface area contributed by atoms with E-state index in [0.29, 0.717) is 50.8 Å². The summed E-state index contributed by atoms with van der Waals surface area (Å²) >= 11 is 0. The molecule has 1 saturated heterocycles. The van der Waals surface area contributed by atoms with Crippen LogP contribution < -0.4 is 9.80 Å². The van der Waals surface area contributed by atoms with Crippen LogP contribution in [0.1, 0.15) is 37.2 Å². The molecule has 0 aromatic carbocycles. The molecule has 9 nitrogen and oxygen atoms in total. The highest BCUT2D eigenvalue weighted by Gasteiger charge is 2.27. The van der Waals surface area contributed by atoms with Gasteiger partial charge < -0.3 is 14.5 Å².